The van der Waals surface area contributed by atoms with Gasteiger partial charge in [-0.15, -0.1) is 0 Å². The van der Waals surface area contributed by atoms with Gasteiger partial charge in [0.25, 0.3) is 5.91 Å². The first-order valence-corrected chi connectivity index (χ1v) is 9.91. The highest BCUT2D eigenvalue weighted by atomic mass is 32.2. The van der Waals surface area contributed by atoms with Gasteiger partial charge in [0.2, 0.25) is 10.0 Å². The zero-order valence-corrected chi connectivity index (χ0v) is 16.1. The molecule has 140 valence electrons. The molecule has 0 atom stereocenters. The number of aryl methyl sites for hydroxylation is 1. The zero-order chi connectivity index (χ0) is 19.3. The number of carbonyl (C=O) groups is 1. The van der Waals surface area contributed by atoms with Crippen molar-refractivity contribution in [3.63, 3.8) is 0 Å². The van der Waals surface area contributed by atoms with Crippen molar-refractivity contribution in [3.05, 3.63) is 41.6 Å². The lowest BCUT2D eigenvalue weighted by molar-refractivity contribution is -0.117. The monoisotopic (exact) mass is 376 g/mol. The normalized spacial score (nSPS) is 16.4. The Morgan fingerprint density at radius 1 is 1.19 bits per heavy atom. The SMILES string of the molecule is Cc1ccc(S(=O)(=O)N2CCN(/C=C(/C#N)C(=O)NC(C)C)CC2)cc1. The molecule has 1 aliphatic rings. The maximum absolute atomic E-state index is 12.7. The number of benzene rings is 1. The van der Waals surface area contributed by atoms with E-state index in [2.05, 4.69) is 5.32 Å². The number of hydrogen-bond donors (Lipinski definition) is 1. The molecule has 0 unspecified atom stereocenters. The van der Waals surface area contributed by atoms with E-state index < -0.39 is 15.9 Å². The van der Waals surface area contributed by atoms with Crippen molar-refractivity contribution in [3.8, 4) is 6.07 Å². The van der Waals surface area contributed by atoms with E-state index in [-0.39, 0.29) is 16.5 Å². The third kappa shape index (κ3) is 4.84. The maximum atomic E-state index is 12.7. The van der Waals surface area contributed by atoms with Gasteiger partial charge < -0.3 is 10.2 Å². The lowest BCUT2D eigenvalue weighted by atomic mass is 10.2. The third-order valence-corrected chi connectivity index (χ3v) is 5.94. The van der Waals surface area contributed by atoms with E-state index in [4.69, 9.17) is 0 Å². The number of sulfonamides is 1. The fourth-order valence-electron chi connectivity index (χ4n) is 2.59. The minimum absolute atomic E-state index is 0.0218. The van der Waals surface area contributed by atoms with Crippen LogP contribution in [-0.2, 0) is 14.8 Å². The Bertz CT molecular complexity index is 815. The standard InChI is InChI=1S/C18H24N4O3S/c1-14(2)20-18(23)16(12-19)13-21-8-10-22(11-9-21)26(24,25)17-6-4-15(3)5-7-17/h4-7,13-14H,8-11H2,1-3H3,(H,20,23)/b16-13-. The van der Waals surface area contributed by atoms with Gasteiger partial charge in [-0.25, -0.2) is 8.42 Å². The molecular weight excluding hydrogens is 352 g/mol. The van der Waals surface area contributed by atoms with E-state index in [1.54, 1.807) is 29.2 Å². The van der Waals surface area contributed by atoms with E-state index in [0.717, 1.165) is 5.56 Å². The molecule has 2 rings (SSSR count). The van der Waals surface area contributed by atoms with Crippen molar-refractivity contribution in [2.24, 2.45) is 0 Å². The Labute approximate surface area is 154 Å². The topological polar surface area (TPSA) is 93.5 Å². The summed E-state index contributed by atoms with van der Waals surface area (Å²) in [5, 5.41) is 11.9. The largest absolute Gasteiger partial charge is 0.373 e. The molecule has 1 N–H and O–H groups in total. The molecule has 7 nitrogen and oxygen atoms in total. The average molecular weight is 376 g/mol. The molecule has 1 fully saturated rings. The molecule has 1 aliphatic heterocycles. The van der Waals surface area contributed by atoms with Crippen LogP contribution in [0.3, 0.4) is 0 Å². The number of nitriles is 1. The summed E-state index contributed by atoms with van der Waals surface area (Å²) < 4.78 is 26.8. The molecule has 0 spiro atoms. The fraction of sp³-hybridized carbons (Fsp3) is 0.444. The van der Waals surface area contributed by atoms with Crippen molar-refractivity contribution in [1.82, 2.24) is 14.5 Å². The van der Waals surface area contributed by atoms with Crippen LogP contribution in [0.4, 0.5) is 0 Å². The van der Waals surface area contributed by atoms with Crippen molar-refractivity contribution in [1.29, 1.82) is 5.26 Å². The van der Waals surface area contributed by atoms with Crippen LogP contribution in [0.1, 0.15) is 19.4 Å². The summed E-state index contributed by atoms with van der Waals surface area (Å²) in [7, 11) is -3.53. The minimum atomic E-state index is -3.53. The number of nitrogens with zero attached hydrogens (tertiary/aromatic N) is 3. The number of nitrogens with one attached hydrogen (secondary N) is 1. The van der Waals surface area contributed by atoms with Crippen LogP contribution < -0.4 is 5.32 Å². The van der Waals surface area contributed by atoms with Crippen LogP contribution in [0.5, 0.6) is 0 Å². The van der Waals surface area contributed by atoms with E-state index in [9.17, 15) is 18.5 Å². The first-order valence-electron chi connectivity index (χ1n) is 8.47. The zero-order valence-electron chi connectivity index (χ0n) is 15.3. The van der Waals surface area contributed by atoms with E-state index in [1.807, 2.05) is 26.8 Å². The molecule has 26 heavy (non-hydrogen) atoms. The van der Waals surface area contributed by atoms with Crippen molar-refractivity contribution < 1.29 is 13.2 Å². The predicted octanol–water partition coefficient (Wildman–Crippen LogP) is 1.23. The summed E-state index contributed by atoms with van der Waals surface area (Å²) in [4.78, 5) is 14.0. The lowest BCUT2D eigenvalue weighted by Crippen LogP contribution is -2.47. The highest BCUT2D eigenvalue weighted by molar-refractivity contribution is 7.89. The Morgan fingerprint density at radius 2 is 1.77 bits per heavy atom. The number of amides is 1. The van der Waals surface area contributed by atoms with Crippen LogP contribution >= 0.6 is 0 Å². The first-order chi connectivity index (χ1) is 12.2. The highest BCUT2D eigenvalue weighted by Gasteiger charge is 2.28. The van der Waals surface area contributed by atoms with E-state index >= 15 is 0 Å². The summed E-state index contributed by atoms with van der Waals surface area (Å²) in [6.07, 6.45) is 1.51. The van der Waals surface area contributed by atoms with Gasteiger partial charge in [0, 0.05) is 38.4 Å². The lowest BCUT2D eigenvalue weighted by Gasteiger charge is -2.33. The second-order valence-corrected chi connectivity index (χ2v) is 8.47. The van der Waals surface area contributed by atoms with E-state index in [0.29, 0.717) is 26.2 Å². The molecule has 1 aromatic rings. The van der Waals surface area contributed by atoms with Gasteiger partial charge in [-0.1, -0.05) is 17.7 Å². The molecule has 1 aromatic carbocycles. The number of carbonyl (C=O) groups excluding carboxylic acids is 1. The van der Waals surface area contributed by atoms with Crippen molar-refractivity contribution in [2.45, 2.75) is 31.7 Å². The highest BCUT2D eigenvalue weighted by Crippen LogP contribution is 2.18. The molecule has 0 radical (unpaired) electrons. The number of rotatable bonds is 5. The second-order valence-electron chi connectivity index (χ2n) is 6.54. The summed E-state index contributed by atoms with van der Waals surface area (Å²) in [5.41, 5.74) is 1.02. The summed E-state index contributed by atoms with van der Waals surface area (Å²) >= 11 is 0. The van der Waals surface area contributed by atoms with E-state index in [1.165, 1.54) is 10.5 Å². The second kappa shape index (κ2) is 8.34. The van der Waals surface area contributed by atoms with Crippen LogP contribution in [0.25, 0.3) is 0 Å². The molecule has 0 saturated carbocycles. The van der Waals surface area contributed by atoms with Gasteiger partial charge in [0.15, 0.2) is 0 Å². The molecule has 0 aliphatic carbocycles. The molecule has 0 bridgehead atoms. The van der Waals surface area contributed by atoms with Gasteiger partial charge in [-0.2, -0.15) is 9.57 Å². The van der Waals surface area contributed by atoms with Crippen molar-refractivity contribution >= 4 is 15.9 Å². The Hall–Kier alpha value is -2.37. The Balaban J connectivity index is 2.04. The molecule has 0 aromatic heterocycles. The van der Waals surface area contributed by atoms with Gasteiger partial charge in [-0.3, -0.25) is 4.79 Å². The summed E-state index contributed by atoms with van der Waals surface area (Å²) in [6.45, 7) is 7.00. The average Bonchev–Trinajstić information content (AvgIpc) is 2.59. The third-order valence-electron chi connectivity index (χ3n) is 4.03. The van der Waals surface area contributed by atoms with Crippen LogP contribution in [0.15, 0.2) is 40.9 Å². The van der Waals surface area contributed by atoms with Gasteiger partial charge in [0.05, 0.1) is 4.90 Å². The minimum Gasteiger partial charge on any atom is -0.373 e. The molecule has 1 heterocycles. The van der Waals surface area contributed by atoms with Gasteiger partial charge >= 0.3 is 0 Å². The first kappa shape index (κ1) is 19.9. The Kier molecular flexibility index (Phi) is 6.40. The Morgan fingerprint density at radius 3 is 2.27 bits per heavy atom. The van der Waals surface area contributed by atoms with Crippen LogP contribution in [0.2, 0.25) is 0 Å². The van der Waals surface area contributed by atoms with Gasteiger partial charge in [0.1, 0.15) is 11.6 Å². The molecule has 1 saturated heterocycles. The van der Waals surface area contributed by atoms with Gasteiger partial charge in [-0.05, 0) is 32.9 Å². The van der Waals surface area contributed by atoms with Crippen LogP contribution in [0, 0.1) is 18.3 Å². The molecular formula is C18H24N4O3S. The fourth-order valence-corrected chi connectivity index (χ4v) is 4.02. The summed E-state index contributed by atoms with van der Waals surface area (Å²) in [6, 6.07) is 8.62. The maximum Gasteiger partial charge on any atom is 0.263 e. The quantitative estimate of drug-likeness (QED) is 0.616. The van der Waals surface area contributed by atoms with Crippen LogP contribution in [-0.4, -0.2) is 55.8 Å². The summed E-state index contributed by atoms with van der Waals surface area (Å²) in [5.74, 6) is -0.419. The number of hydrogen-bond acceptors (Lipinski definition) is 5. The smallest absolute Gasteiger partial charge is 0.263 e. The molecule has 1 amide bonds. The van der Waals surface area contributed by atoms with Crippen molar-refractivity contribution in [2.75, 3.05) is 26.2 Å². The molecule has 8 heteroatoms. The number of piperazine rings is 1. The predicted molar refractivity (Wildman–Crippen MR) is 98.5 cm³/mol.